The molecule has 1 saturated carbocycles. The molecule has 82 valence electrons. The molecule has 1 aliphatic carbocycles. The third-order valence-electron chi connectivity index (χ3n) is 4.03. The van der Waals surface area contributed by atoms with Gasteiger partial charge < -0.3 is 5.73 Å². The van der Waals surface area contributed by atoms with Crippen molar-refractivity contribution >= 4 is 0 Å². The number of rotatable bonds is 3. The van der Waals surface area contributed by atoms with Crippen molar-refractivity contribution in [1.82, 2.24) is 4.90 Å². The van der Waals surface area contributed by atoms with Crippen molar-refractivity contribution in [3.63, 3.8) is 0 Å². The van der Waals surface area contributed by atoms with Crippen molar-refractivity contribution < 1.29 is 0 Å². The Morgan fingerprint density at radius 1 is 1.14 bits per heavy atom. The summed E-state index contributed by atoms with van der Waals surface area (Å²) in [5.41, 5.74) is 6.07. The minimum atomic E-state index is 0.344. The van der Waals surface area contributed by atoms with Crippen LogP contribution in [-0.2, 0) is 0 Å². The van der Waals surface area contributed by atoms with E-state index in [2.05, 4.69) is 18.7 Å². The molecule has 0 aromatic carbocycles. The summed E-state index contributed by atoms with van der Waals surface area (Å²) in [5.74, 6) is 0.981. The average Bonchev–Trinajstić information content (AvgIpc) is 3.00. The topological polar surface area (TPSA) is 29.3 Å². The van der Waals surface area contributed by atoms with E-state index in [4.69, 9.17) is 5.73 Å². The van der Waals surface area contributed by atoms with Gasteiger partial charge in [-0.05, 0) is 52.0 Å². The second-order valence-corrected chi connectivity index (χ2v) is 5.24. The zero-order chi connectivity index (χ0) is 10.1. The first-order valence-electron chi connectivity index (χ1n) is 6.21. The summed E-state index contributed by atoms with van der Waals surface area (Å²) in [6.45, 7) is 5.85. The summed E-state index contributed by atoms with van der Waals surface area (Å²) in [5, 5.41) is 0. The van der Waals surface area contributed by atoms with Gasteiger partial charge in [-0.2, -0.15) is 0 Å². The van der Waals surface area contributed by atoms with E-state index < -0.39 is 0 Å². The quantitative estimate of drug-likeness (QED) is 0.748. The maximum absolute atomic E-state index is 6.07. The maximum atomic E-state index is 6.07. The van der Waals surface area contributed by atoms with E-state index in [0.717, 1.165) is 12.0 Å². The van der Waals surface area contributed by atoms with Gasteiger partial charge in [0.15, 0.2) is 0 Å². The molecule has 2 heteroatoms. The standard InChI is InChI=1S/C12H24N2/c1-9(13)12-5-3-4-8-14(12)10(2)11-6-7-11/h9-12H,3-8,13H2,1-2H3. The Morgan fingerprint density at radius 2 is 1.86 bits per heavy atom. The van der Waals surface area contributed by atoms with Gasteiger partial charge in [-0.15, -0.1) is 0 Å². The SMILES string of the molecule is CC(N)C1CCCCN1C(C)C1CC1. The number of nitrogens with zero attached hydrogens (tertiary/aromatic N) is 1. The highest BCUT2D eigenvalue weighted by Gasteiger charge is 2.36. The molecule has 14 heavy (non-hydrogen) atoms. The van der Waals surface area contributed by atoms with Crippen LogP contribution in [0.1, 0.15) is 46.0 Å². The summed E-state index contributed by atoms with van der Waals surface area (Å²) >= 11 is 0. The number of hydrogen-bond acceptors (Lipinski definition) is 2. The molecule has 2 nitrogen and oxygen atoms in total. The van der Waals surface area contributed by atoms with E-state index in [0.29, 0.717) is 12.1 Å². The molecule has 0 bridgehead atoms. The van der Waals surface area contributed by atoms with Gasteiger partial charge in [0.05, 0.1) is 0 Å². The fourth-order valence-corrected chi connectivity index (χ4v) is 2.90. The Hall–Kier alpha value is -0.0800. The molecule has 1 heterocycles. The Labute approximate surface area is 87.8 Å². The summed E-state index contributed by atoms with van der Waals surface area (Å²) in [6.07, 6.45) is 6.96. The Morgan fingerprint density at radius 3 is 2.43 bits per heavy atom. The average molecular weight is 196 g/mol. The second kappa shape index (κ2) is 4.19. The minimum Gasteiger partial charge on any atom is -0.327 e. The van der Waals surface area contributed by atoms with Crippen LogP contribution in [0.4, 0.5) is 0 Å². The van der Waals surface area contributed by atoms with Crippen molar-refractivity contribution in [2.45, 2.75) is 64.1 Å². The smallest absolute Gasteiger partial charge is 0.0247 e. The minimum absolute atomic E-state index is 0.344. The molecular formula is C12H24N2. The highest BCUT2D eigenvalue weighted by atomic mass is 15.2. The zero-order valence-electron chi connectivity index (χ0n) is 9.58. The Bertz CT molecular complexity index is 187. The largest absolute Gasteiger partial charge is 0.327 e. The van der Waals surface area contributed by atoms with E-state index in [-0.39, 0.29) is 0 Å². The van der Waals surface area contributed by atoms with Gasteiger partial charge in [0.1, 0.15) is 0 Å². The van der Waals surface area contributed by atoms with E-state index in [9.17, 15) is 0 Å². The third kappa shape index (κ3) is 2.12. The fraction of sp³-hybridized carbons (Fsp3) is 1.00. The maximum Gasteiger partial charge on any atom is 0.0247 e. The molecule has 1 aliphatic heterocycles. The zero-order valence-corrected chi connectivity index (χ0v) is 9.58. The highest BCUT2D eigenvalue weighted by molar-refractivity contribution is 4.92. The number of piperidine rings is 1. The molecule has 0 amide bonds. The Balaban J connectivity index is 1.97. The molecule has 0 aromatic heterocycles. The van der Waals surface area contributed by atoms with Gasteiger partial charge in [-0.1, -0.05) is 6.42 Å². The van der Waals surface area contributed by atoms with Gasteiger partial charge in [-0.25, -0.2) is 0 Å². The molecule has 0 radical (unpaired) electrons. The van der Waals surface area contributed by atoms with Gasteiger partial charge in [0.25, 0.3) is 0 Å². The summed E-state index contributed by atoms with van der Waals surface area (Å²) in [4.78, 5) is 2.69. The van der Waals surface area contributed by atoms with Crippen LogP contribution < -0.4 is 5.73 Å². The predicted molar refractivity (Wildman–Crippen MR) is 60.2 cm³/mol. The number of hydrogen-bond donors (Lipinski definition) is 1. The first-order chi connectivity index (χ1) is 6.70. The lowest BCUT2D eigenvalue weighted by atomic mass is 9.94. The van der Waals surface area contributed by atoms with Crippen molar-refractivity contribution in [2.75, 3.05) is 6.54 Å². The molecule has 2 fully saturated rings. The molecular weight excluding hydrogens is 172 g/mol. The molecule has 2 aliphatic rings. The van der Waals surface area contributed by atoms with Crippen LogP contribution >= 0.6 is 0 Å². The molecule has 2 rings (SSSR count). The number of likely N-dealkylation sites (tertiary alicyclic amines) is 1. The van der Waals surface area contributed by atoms with Crippen LogP contribution in [0.15, 0.2) is 0 Å². The van der Waals surface area contributed by atoms with Crippen molar-refractivity contribution in [3.05, 3.63) is 0 Å². The molecule has 3 atom stereocenters. The van der Waals surface area contributed by atoms with E-state index >= 15 is 0 Å². The van der Waals surface area contributed by atoms with Crippen LogP contribution in [0, 0.1) is 5.92 Å². The third-order valence-corrected chi connectivity index (χ3v) is 4.03. The molecule has 2 N–H and O–H groups in total. The molecule has 1 saturated heterocycles. The second-order valence-electron chi connectivity index (χ2n) is 5.24. The normalized spacial score (nSPS) is 34.1. The Kier molecular flexibility index (Phi) is 3.13. The van der Waals surface area contributed by atoms with Gasteiger partial charge in [0, 0.05) is 18.1 Å². The van der Waals surface area contributed by atoms with Gasteiger partial charge in [-0.3, -0.25) is 4.90 Å². The van der Waals surface area contributed by atoms with Crippen LogP contribution in [0.25, 0.3) is 0 Å². The molecule has 3 unspecified atom stereocenters. The lowest BCUT2D eigenvalue weighted by molar-refractivity contribution is 0.0788. The first-order valence-corrected chi connectivity index (χ1v) is 6.21. The van der Waals surface area contributed by atoms with Crippen LogP contribution in [-0.4, -0.2) is 29.6 Å². The summed E-state index contributed by atoms with van der Waals surface area (Å²) < 4.78 is 0. The number of nitrogens with two attached hydrogens (primary N) is 1. The van der Waals surface area contributed by atoms with Crippen molar-refractivity contribution in [1.29, 1.82) is 0 Å². The highest BCUT2D eigenvalue weighted by Crippen LogP contribution is 2.37. The van der Waals surface area contributed by atoms with E-state index in [1.165, 1.54) is 38.6 Å². The van der Waals surface area contributed by atoms with Gasteiger partial charge >= 0.3 is 0 Å². The summed E-state index contributed by atoms with van der Waals surface area (Å²) in [7, 11) is 0. The molecule has 0 spiro atoms. The lowest BCUT2D eigenvalue weighted by Crippen LogP contribution is -2.53. The van der Waals surface area contributed by atoms with Crippen molar-refractivity contribution in [3.8, 4) is 0 Å². The summed E-state index contributed by atoms with van der Waals surface area (Å²) in [6, 6.07) is 1.78. The van der Waals surface area contributed by atoms with Gasteiger partial charge in [0.2, 0.25) is 0 Å². The first kappa shape index (κ1) is 10.4. The van der Waals surface area contributed by atoms with E-state index in [1.807, 2.05) is 0 Å². The lowest BCUT2D eigenvalue weighted by Gasteiger charge is -2.42. The van der Waals surface area contributed by atoms with Crippen LogP contribution in [0.3, 0.4) is 0 Å². The van der Waals surface area contributed by atoms with Crippen LogP contribution in [0.5, 0.6) is 0 Å². The predicted octanol–water partition coefficient (Wildman–Crippen LogP) is 1.99. The van der Waals surface area contributed by atoms with Crippen LogP contribution in [0.2, 0.25) is 0 Å². The molecule has 0 aromatic rings. The monoisotopic (exact) mass is 196 g/mol. The fourth-order valence-electron chi connectivity index (χ4n) is 2.90. The van der Waals surface area contributed by atoms with E-state index in [1.54, 1.807) is 0 Å². The van der Waals surface area contributed by atoms with Crippen molar-refractivity contribution in [2.24, 2.45) is 11.7 Å².